The van der Waals surface area contributed by atoms with Crippen molar-refractivity contribution in [3.05, 3.63) is 106 Å². The van der Waals surface area contributed by atoms with E-state index in [0.29, 0.717) is 16.5 Å². The summed E-state index contributed by atoms with van der Waals surface area (Å²) >= 11 is 12.0. The van der Waals surface area contributed by atoms with Gasteiger partial charge in [-0.25, -0.2) is 0 Å². The fourth-order valence-electron chi connectivity index (χ4n) is 3.52. The molecule has 0 unspecified atom stereocenters. The smallest absolute Gasteiger partial charge is 0.243 e. The Labute approximate surface area is 203 Å². The molecule has 0 saturated heterocycles. The highest BCUT2D eigenvalue weighted by atomic mass is 35.5. The Hall–Kier alpha value is -2.86. The van der Waals surface area contributed by atoms with Crippen LogP contribution >= 0.6 is 23.2 Å². The number of carbonyl (C=O) groups excluding carboxylic acids is 2. The van der Waals surface area contributed by atoms with E-state index in [1.54, 1.807) is 41.3 Å². The topological polar surface area (TPSA) is 69.6 Å². The lowest BCUT2D eigenvalue weighted by molar-refractivity contribution is -0.140. The SMILES string of the molecule is O=C(NCCO)[C@H](Cc1ccccc1)N(Cc1ccc(Cl)cc1)C(=O)Cc1ccc(Cl)cc1. The van der Waals surface area contributed by atoms with Crippen molar-refractivity contribution in [2.45, 2.75) is 25.4 Å². The largest absolute Gasteiger partial charge is 0.395 e. The van der Waals surface area contributed by atoms with Crippen molar-refractivity contribution < 1.29 is 14.7 Å². The predicted octanol–water partition coefficient (Wildman–Crippen LogP) is 4.28. The van der Waals surface area contributed by atoms with Crippen molar-refractivity contribution in [1.82, 2.24) is 10.2 Å². The van der Waals surface area contributed by atoms with Crippen LogP contribution in [-0.2, 0) is 29.0 Å². The summed E-state index contributed by atoms with van der Waals surface area (Å²) < 4.78 is 0. The Morgan fingerprint density at radius 3 is 1.97 bits per heavy atom. The summed E-state index contributed by atoms with van der Waals surface area (Å²) in [5.74, 6) is -0.501. The minimum absolute atomic E-state index is 0.115. The molecule has 2 N–H and O–H groups in total. The quantitative estimate of drug-likeness (QED) is 0.451. The van der Waals surface area contributed by atoms with Crippen LogP contribution in [0.15, 0.2) is 78.9 Å². The maximum atomic E-state index is 13.5. The molecular weight excluding hydrogens is 459 g/mol. The lowest BCUT2D eigenvalue weighted by Gasteiger charge is -2.31. The first kappa shape index (κ1) is 24.8. The zero-order chi connectivity index (χ0) is 23.6. The highest BCUT2D eigenvalue weighted by Gasteiger charge is 2.30. The van der Waals surface area contributed by atoms with Crippen LogP contribution in [0.2, 0.25) is 10.0 Å². The van der Waals surface area contributed by atoms with Gasteiger partial charge in [-0.1, -0.05) is 77.8 Å². The second-order valence-electron chi connectivity index (χ2n) is 7.67. The van der Waals surface area contributed by atoms with E-state index < -0.39 is 6.04 Å². The van der Waals surface area contributed by atoms with E-state index in [0.717, 1.165) is 16.7 Å². The summed E-state index contributed by atoms with van der Waals surface area (Å²) in [7, 11) is 0. The minimum atomic E-state index is -0.755. The highest BCUT2D eigenvalue weighted by Crippen LogP contribution is 2.19. The van der Waals surface area contributed by atoms with E-state index in [4.69, 9.17) is 23.2 Å². The number of rotatable bonds is 10. The van der Waals surface area contributed by atoms with Gasteiger partial charge < -0.3 is 15.3 Å². The lowest BCUT2D eigenvalue weighted by atomic mass is 10.0. The van der Waals surface area contributed by atoms with Crippen molar-refractivity contribution in [3.63, 3.8) is 0 Å². The zero-order valence-corrected chi connectivity index (χ0v) is 19.6. The van der Waals surface area contributed by atoms with Crippen molar-refractivity contribution in [3.8, 4) is 0 Å². The maximum Gasteiger partial charge on any atom is 0.243 e. The van der Waals surface area contributed by atoms with E-state index in [2.05, 4.69) is 5.32 Å². The van der Waals surface area contributed by atoms with Crippen molar-refractivity contribution in [2.24, 2.45) is 0 Å². The van der Waals surface area contributed by atoms with Gasteiger partial charge in [0.25, 0.3) is 0 Å². The molecule has 7 heteroatoms. The van der Waals surface area contributed by atoms with Gasteiger partial charge in [-0.15, -0.1) is 0 Å². The van der Waals surface area contributed by atoms with Gasteiger partial charge in [0.1, 0.15) is 6.04 Å². The molecule has 2 amide bonds. The molecule has 3 rings (SSSR count). The van der Waals surface area contributed by atoms with Gasteiger partial charge in [0, 0.05) is 29.6 Å². The van der Waals surface area contributed by atoms with E-state index in [-0.39, 0.29) is 37.9 Å². The molecule has 33 heavy (non-hydrogen) atoms. The average Bonchev–Trinajstić information content (AvgIpc) is 2.83. The number of carbonyl (C=O) groups is 2. The van der Waals surface area contributed by atoms with Crippen molar-refractivity contribution in [1.29, 1.82) is 0 Å². The second kappa shape index (κ2) is 12.4. The summed E-state index contributed by atoms with van der Waals surface area (Å²) in [5.41, 5.74) is 2.60. The molecule has 0 bridgehead atoms. The number of amides is 2. The lowest BCUT2D eigenvalue weighted by Crippen LogP contribution is -2.51. The minimum Gasteiger partial charge on any atom is -0.395 e. The third-order valence-corrected chi connectivity index (χ3v) is 5.72. The molecule has 172 valence electrons. The molecule has 3 aromatic rings. The number of halogens is 2. The van der Waals surface area contributed by atoms with Crippen LogP contribution in [0, 0.1) is 0 Å². The molecule has 3 aromatic carbocycles. The van der Waals surface area contributed by atoms with Crippen LogP contribution in [-0.4, -0.2) is 41.0 Å². The predicted molar refractivity (Wildman–Crippen MR) is 131 cm³/mol. The number of nitrogens with zero attached hydrogens (tertiary/aromatic N) is 1. The standard InChI is InChI=1S/C26H26Cl2N2O3/c27-22-10-6-20(7-11-22)17-25(32)30(18-21-8-12-23(28)13-9-21)24(26(33)29-14-15-31)16-19-4-2-1-3-5-19/h1-13,24,31H,14-18H2,(H,29,33)/t24-/m0/s1. The van der Waals surface area contributed by atoms with E-state index >= 15 is 0 Å². The Bertz CT molecular complexity index is 1040. The average molecular weight is 485 g/mol. The molecule has 5 nitrogen and oxygen atoms in total. The molecule has 0 radical (unpaired) electrons. The second-order valence-corrected chi connectivity index (χ2v) is 8.54. The van der Waals surface area contributed by atoms with Crippen LogP contribution in [0.3, 0.4) is 0 Å². The van der Waals surface area contributed by atoms with Crippen LogP contribution < -0.4 is 5.32 Å². The van der Waals surface area contributed by atoms with Crippen molar-refractivity contribution in [2.75, 3.05) is 13.2 Å². The monoisotopic (exact) mass is 484 g/mol. The van der Waals surface area contributed by atoms with Crippen LogP contribution in [0.1, 0.15) is 16.7 Å². The summed E-state index contributed by atoms with van der Waals surface area (Å²) in [5, 5.41) is 13.1. The number of aliphatic hydroxyl groups is 1. The van der Waals surface area contributed by atoms with Crippen LogP contribution in [0.5, 0.6) is 0 Å². The Morgan fingerprint density at radius 1 is 0.818 bits per heavy atom. The van der Waals surface area contributed by atoms with E-state index in [1.165, 1.54) is 0 Å². The Kier molecular flexibility index (Phi) is 9.31. The van der Waals surface area contributed by atoms with Gasteiger partial charge in [-0.2, -0.15) is 0 Å². The normalized spacial score (nSPS) is 11.6. The van der Waals surface area contributed by atoms with Gasteiger partial charge in [0.15, 0.2) is 0 Å². The molecule has 0 heterocycles. The van der Waals surface area contributed by atoms with Crippen molar-refractivity contribution >= 4 is 35.0 Å². The van der Waals surface area contributed by atoms with E-state index in [1.807, 2.05) is 42.5 Å². The number of benzene rings is 3. The number of nitrogens with one attached hydrogen (secondary N) is 1. The molecule has 0 fully saturated rings. The molecule has 0 saturated carbocycles. The van der Waals surface area contributed by atoms with Gasteiger partial charge in [-0.3, -0.25) is 9.59 Å². The molecule has 0 aliphatic rings. The summed E-state index contributed by atoms with van der Waals surface area (Å²) in [6.45, 7) is 0.178. The van der Waals surface area contributed by atoms with Gasteiger partial charge in [0.2, 0.25) is 11.8 Å². The zero-order valence-electron chi connectivity index (χ0n) is 18.1. The fraction of sp³-hybridized carbons (Fsp3) is 0.231. The summed E-state index contributed by atoms with van der Waals surface area (Å²) in [4.78, 5) is 28.3. The maximum absolute atomic E-state index is 13.5. The molecular formula is C26H26Cl2N2O3. The number of hydrogen-bond acceptors (Lipinski definition) is 3. The van der Waals surface area contributed by atoms with Crippen LogP contribution in [0.4, 0.5) is 0 Å². The fourth-order valence-corrected chi connectivity index (χ4v) is 3.77. The first-order chi connectivity index (χ1) is 16.0. The summed E-state index contributed by atoms with van der Waals surface area (Å²) in [6, 6.07) is 23.1. The molecule has 0 aliphatic carbocycles. The van der Waals surface area contributed by atoms with E-state index in [9.17, 15) is 14.7 Å². The number of aliphatic hydroxyl groups excluding tert-OH is 1. The van der Waals surface area contributed by atoms with Gasteiger partial charge in [-0.05, 0) is 41.0 Å². The molecule has 0 aliphatic heterocycles. The third kappa shape index (κ3) is 7.60. The van der Waals surface area contributed by atoms with Crippen LogP contribution in [0.25, 0.3) is 0 Å². The van der Waals surface area contributed by atoms with Gasteiger partial charge >= 0.3 is 0 Å². The van der Waals surface area contributed by atoms with Gasteiger partial charge in [0.05, 0.1) is 13.0 Å². The summed E-state index contributed by atoms with van der Waals surface area (Å²) in [6.07, 6.45) is 0.474. The molecule has 0 aromatic heterocycles. The Morgan fingerprint density at radius 2 is 1.39 bits per heavy atom. The highest BCUT2D eigenvalue weighted by molar-refractivity contribution is 6.30. The first-order valence-electron chi connectivity index (χ1n) is 10.7. The number of hydrogen-bond donors (Lipinski definition) is 2. The molecule has 0 spiro atoms. The molecule has 1 atom stereocenters. The first-order valence-corrected chi connectivity index (χ1v) is 11.4. The third-order valence-electron chi connectivity index (χ3n) is 5.22. The Balaban J connectivity index is 1.93.